The molecule has 5 nitrogen and oxygen atoms in total. The van der Waals surface area contributed by atoms with Gasteiger partial charge in [-0.15, -0.1) is 0 Å². The molecule has 0 saturated carbocycles. The van der Waals surface area contributed by atoms with Crippen LogP contribution >= 0.6 is 0 Å². The topological polar surface area (TPSA) is 70.5 Å². The SMILES string of the molecule is Cc1cc(C)cc(N2C(=O)C(O)=C(C(=O)C(C)(C)C)C2c2ccccn2)c1. The molecule has 0 aliphatic carbocycles. The van der Waals surface area contributed by atoms with Crippen LogP contribution in [0.15, 0.2) is 53.9 Å². The summed E-state index contributed by atoms with van der Waals surface area (Å²) in [5.41, 5.74) is 2.53. The normalized spacial score (nSPS) is 17.6. The summed E-state index contributed by atoms with van der Waals surface area (Å²) in [6.45, 7) is 9.21. The average Bonchev–Trinajstić information content (AvgIpc) is 2.85. The molecule has 0 saturated heterocycles. The van der Waals surface area contributed by atoms with Crippen molar-refractivity contribution in [2.75, 3.05) is 4.90 Å². The largest absolute Gasteiger partial charge is 0.503 e. The van der Waals surface area contributed by atoms with Crippen LogP contribution in [0.1, 0.15) is 43.6 Å². The van der Waals surface area contributed by atoms with Gasteiger partial charge in [0.05, 0.1) is 11.3 Å². The molecule has 0 fully saturated rings. The van der Waals surface area contributed by atoms with Crippen molar-refractivity contribution in [1.29, 1.82) is 0 Å². The number of pyridine rings is 1. The van der Waals surface area contributed by atoms with Crippen LogP contribution in [0, 0.1) is 19.3 Å². The monoisotopic (exact) mass is 364 g/mol. The molecule has 1 unspecified atom stereocenters. The third-order valence-corrected chi connectivity index (χ3v) is 4.59. The Morgan fingerprint density at radius 3 is 2.26 bits per heavy atom. The Hall–Kier alpha value is -2.95. The number of aryl methyl sites for hydroxylation is 2. The molecule has 1 aromatic carbocycles. The molecule has 1 aliphatic heterocycles. The molecule has 0 bridgehead atoms. The number of carbonyl (C=O) groups excluding carboxylic acids is 2. The second-order valence-corrected chi connectivity index (χ2v) is 8.02. The molecule has 1 amide bonds. The fourth-order valence-electron chi connectivity index (χ4n) is 3.41. The van der Waals surface area contributed by atoms with Crippen molar-refractivity contribution in [2.45, 2.75) is 40.7 Å². The molecule has 1 atom stereocenters. The first kappa shape index (κ1) is 18.8. The van der Waals surface area contributed by atoms with Crippen molar-refractivity contribution in [3.63, 3.8) is 0 Å². The van der Waals surface area contributed by atoms with E-state index >= 15 is 0 Å². The predicted molar refractivity (Wildman–Crippen MR) is 104 cm³/mol. The van der Waals surface area contributed by atoms with E-state index < -0.39 is 23.1 Å². The summed E-state index contributed by atoms with van der Waals surface area (Å²) in [7, 11) is 0. The standard InChI is InChI=1S/C22H24N2O3/c1-13-10-14(2)12-15(11-13)24-18(16-8-6-7-9-23-16)17(19(25)21(24)27)20(26)22(3,4)5/h6-12,18,25H,1-5H3. The predicted octanol–water partition coefficient (Wildman–Crippen LogP) is 4.21. The van der Waals surface area contributed by atoms with Gasteiger partial charge >= 0.3 is 0 Å². The van der Waals surface area contributed by atoms with Gasteiger partial charge in [-0.1, -0.05) is 32.9 Å². The van der Waals surface area contributed by atoms with Crippen LogP contribution in [0.5, 0.6) is 0 Å². The van der Waals surface area contributed by atoms with Crippen LogP contribution in [0.3, 0.4) is 0 Å². The van der Waals surface area contributed by atoms with E-state index in [0.717, 1.165) is 11.1 Å². The molecule has 2 heterocycles. The summed E-state index contributed by atoms with van der Waals surface area (Å²) in [5.74, 6) is -1.34. The van der Waals surface area contributed by atoms with Crippen molar-refractivity contribution in [3.8, 4) is 0 Å². The second kappa shape index (κ2) is 6.65. The summed E-state index contributed by atoms with van der Waals surface area (Å²) in [6, 6.07) is 10.3. The number of aliphatic hydroxyl groups is 1. The number of anilines is 1. The Morgan fingerprint density at radius 1 is 1.11 bits per heavy atom. The summed E-state index contributed by atoms with van der Waals surface area (Å²) in [4.78, 5) is 31.9. The number of ketones is 1. The molecule has 1 aliphatic rings. The average molecular weight is 364 g/mol. The maximum atomic E-state index is 13.1. The molecular formula is C22H24N2O3. The van der Waals surface area contributed by atoms with Crippen LogP contribution in [-0.4, -0.2) is 21.8 Å². The minimum Gasteiger partial charge on any atom is -0.503 e. The van der Waals surface area contributed by atoms with Crippen LogP contribution in [-0.2, 0) is 9.59 Å². The number of aliphatic hydroxyl groups excluding tert-OH is 1. The van der Waals surface area contributed by atoms with Crippen LogP contribution in [0.25, 0.3) is 0 Å². The molecule has 0 radical (unpaired) electrons. The first-order valence-electron chi connectivity index (χ1n) is 8.92. The molecule has 3 rings (SSSR count). The first-order chi connectivity index (χ1) is 12.6. The van der Waals surface area contributed by atoms with Gasteiger partial charge in [0.25, 0.3) is 5.91 Å². The van der Waals surface area contributed by atoms with Crippen LogP contribution in [0.4, 0.5) is 5.69 Å². The van der Waals surface area contributed by atoms with E-state index in [1.807, 2.05) is 32.0 Å². The number of carbonyl (C=O) groups is 2. The highest BCUT2D eigenvalue weighted by Crippen LogP contribution is 2.43. The van der Waals surface area contributed by atoms with Gasteiger partial charge in [-0.3, -0.25) is 19.5 Å². The van der Waals surface area contributed by atoms with Gasteiger partial charge in [0.2, 0.25) is 0 Å². The molecule has 2 aromatic rings. The summed E-state index contributed by atoms with van der Waals surface area (Å²) >= 11 is 0. The van der Waals surface area contributed by atoms with Crippen molar-refractivity contribution >= 4 is 17.4 Å². The highest BCUT2D eigenvalue weighted by atomic mass is 16.3. The zero-order valence-electron chi connectivity index (χ0n) is 16.3. The van der Waals surface area contributed by atoms with Crippen molar-refractivity contribution in [3.05, 3.63) is 70.7 Å². The Bertz CT molecular complexity index is 920. The third kappa shape index (κ3) is 3.37. The Kier molecular flexibility index (Phi) is 4.64. The zero-order valence-corrected chi connectivity index (χ0v) is 16.3. The minimum absolute atomic E-state index is 0.102. The van der Waals surface area contributed by atoms with Crippen molar-refractivity contribution in [2.24, 2.45) is 5.41 Å². The molecule has 0 spiro atoms. The van der Waals surface area contributed by atoms with Crippen LogP contribution in [0.2, 0.25) is 0 Å². The van der Waals surface area contributed by atoms with Gasteiger partial charge in [0.15, 0.2) is 11.5 Å². The summed E-state index contributed by atoms with van der Waals surface area (Å²) < 4.78 is 0. The highest BCUT2D eigenvalue weighted by molar-refractivity contribution is 6.17. The van der Waals surface area contributed by atoms with E-state index in [0.29, 0.717) is 11.4 Å². The lowest BCUT2D eigenvalue weighted by Crippen LogP contribution is -2.33. The van der Waals surface area contributed by atoms with E-state index in [4.69, 9.17) is 0 Å². The molecule has 1 N–H and O–H groups in total. The maximum absolute atomic E-state index is 13.1. The minimum atomic E-state index is -0.758. The van der Waals surface area contributed by atoms with Gasteiger partial charge in [-0.05, 0) is 49.2 Å². The smallest absolute Gasteiger partial charge is 0.294 e. The number of benzene rings is 1. The van der Waals surface area contributed by atoms with E-state index in [1.54, 1.807) is 45.2 Å². The number of amides is 1. The van der Waals surface area contributed by atoms with E-state index in [-0.39, 0.29) is 11.4 Å². The third-order valence-electron chi connectivity index (χ3n) is 4.59. The molecule has 140 valence electrons. The number of Topliss-reactive ketones (excluding diaryl/α,β-unsaturated/α-hetero) is 1. The fourth-order valence-corrected chi connectivity index (χ4v) is 3.41. The Morgan fingerprint density at radius 2 is 1.74 bits per heavy atom. The van der Waals surface area contributed by atoms with E-state index in [1.165, 1.54) is 4.90 Å². The quantitative estimate of drug-likeness (QED) is 0.885. The fraction of sp³-hybridized carbons (Fsp3) is 0.318. The van der Waals surface area contributed by atoms with E-state index in [9.17, 15) is 14.7 Å². The lowest BCUT2D eigenvalue weighted by atomic mass is 9.83. The Labute approximate surface area is 159 Å². The maximum Gasteiger partial charge on any atom is 0.294 e. The van der Waals surface area contributed by atoms with Gasteiger partial charge in [0.1, 0.15) is 6.04 Å². The Balaban J connectivity index is 2.23. The number of rotatable bonds is 3. The van der Waals surface area contributed by atoms with Crippen LogP contribution < -0.4 is 4.90 Å². The summed E-state index contributed by atoms with van der Waals surface area (Å²) in [5, 5.41) is 10.6. The van der Waals surface area contributed by atoms with E-state index in [2.05, 4.69) is 4.98 Å². The van der Waals surface area contributed by atoms with Gasteiger partial charge in [0, 0.05) is 17.3 Å². The van der Waals surface area contributed by atoms with Gasteiger partial charge in [-0.25, -0.2) is 0 Å². The lowest BCUT2D eigenvalue weighted by molar-refractivity contribution is -0.123. The number of nitrogens with zero attached hydrogens (tertiary/aromatic N) is 2. The zero-order chi connectivity index (χ0) is 19.9. The molecule has 1 aromatic heterocycles. The summed E-state index contributed by atoms with van der Waals surface area (Å²) in [6.07, 6.45) is 1.62. The van der Waals surface area contributed by atoms with Gasteiger partial charge in [-0.2, -0.15) is 0 Å². The number of hydrogen-bond donors (Lipinski definition) is 1. The second-order valence-electron chi connectivity index (χ2n) is 8.02. The number of aromatic nitrogens is 1. The van der Waals surface area contributed by atoms with Crippen molar-refractivity contribution < 1.29 is 14.7 Å². The molecule has 5 heteroatoms. The van der Waals surface area contributed by atoms with Gasteiger partial charge < -0.3 is 5.11 Å². The lowest BCUT2D eigenvalue weighted by Gasteiger charge is -2.28. The highest BCUT2D eigenvalue weighted by Gasteiger charge is 2.47. The van der Waals surface area contributed by atoms with Crippen molar-refractivity contribution in [1.82, 2.24) is 4.98 Å². The number of hydrogen-bond acceptors (Lipinski definition) is 4. The molecular weight excluding hydrogens is 340 g/mol. The molecule has 27 heavy (non-hydrogen) atoms. The first-order valence-corrected chi connectivity index (χ1v) is 8.92.